The third kappa shape index (κ3) is 18.8. The topological polar surface area (TPSA) is 103 Å². The number of aryl methyl sites for hydroxylation is 2. The lowest BCUT2D eigenvalue weighted by Crippen LogP contribution is -2.60. The average Bonchev–Trinajstić information content (AvgIpc) is 2.77. The van der Waals surface area contributed by atoms with Crippen molar-refractivity contribution in [2.24, 2.45) is 0 Å². The predicted octanol–water partition coefficient (Wildman–Crippen LogP) is 10.3. The van der Waals surface area contributed by atoms with Crippen LogP contribution in [0.2, 0.25) is 130 Å². The van der Waals surface area contributed by atoms with Crippen LogP contribution in [0.3, 0.4) is 0 Å². The molecule has 16 heteroatoms. The monoisotopic (exact) mass is 800 g/mol. The second-order valence-corrected chi connectivity index (χ2v) is 52.7. The summed E-state index contributed by atoms with van der Waals surface area (Å²) in [7, 11) is -18.0. The van der Waals surface area contributed by atoms with E-state index in [1.54, 1.807) is 0 Å². The number of nitrogens with zero attached hydrogens (tertiary/aromatic N) is 2. The van der Waals surface area contributed by atoms with E-state index >= 15 is 0 Å². The first-order chi connectivity index (χ1) is 21.3. The third-order valence-electron chi connectivity index (χ3n) is 6.21. The zero-order chi connectivity index (χ0) is 37.6. The van der Waals surface area contributed by atoms with Crippen molar-refractivity contribution in [2.75, 3.05) is 0 Å². The highest BCUT2D eigenvalue weighted by molar-refractivity contribution is 6.91. The molecule has 1 aromatic carbocycles. The molecule has 0 fully saturated rings. The standard InChI is InChI=1S/C32H68N2O6Si8/c1-41(2,3)35-47(36-42(4,5)6,37-43(7,8)9)23-19-21-29-25-31(27-33)32(28-34)26-30(29)22-20-24-48(38-44(10,11)12,39-45(13,14)15)40-46(16,17)18/h25-26H,19-24H2,1-18H3. The van der Waals surface area contributed by atoms with Gasteiger partial charge in [-0.05, 0) is 167 Å². The van der Waals surface area contributed by atoms with Gasteiger partial charge in [-0.25, -0.2) is 0 Å². The summed E-state index contributed by atoms with van der Waals surface area (Å²) in [6.45, 7) is 39.8. The van der Waals surface area contributed by atoms with Crippen LogP contribution in [0.25, 0.3) is 0 Å². The molecule has 1 aromatic rings. The number of nitriles is 2. The summed E-state index contributed by atoms with van der Waals surface area (Å²) in [6, 6.07) is 9.82. The first-order valence-corrected chi connectivity index (χ1v) is 41.8. The zero-order valence-electron chi connectivity index (χ0n) is 33.7. The summed E-state index contributed by atoms with van der Waals surface area (Å²) in [5.74, 6) is 0. The molecular weight excluding hydrogens is 733 g/mol. The van der Waals surface area contributed by atoms with Crippen molar-refractivity contribution in [3.8, 4) is 12.1 Å². The maximum Gasteiger partial charge on any atom is 0.469 e. The van der Waals surface area contributed by atoms with E-state index in [0.717, 1.165) is 48.9 Å². The molecule has 8 nitrogen and oxygen atoms in total. The van der Waals surface area contributed by atoms with Crippen LogP contribution in [0.4, 0.5) is 0 Å². The van der Waals surface area contributed by atoms with E-state index in [1.165, 1.54) is 0 Å². The Morgan fingerprint density at radius 1 is 0.417 bits per heavy atom. The molecule has 0 unspecified atom stereocenters. The molecule has 0 aliphatic carbocycles. The lowest BCUT2D eigenvalue weighted by Gasteiger charge is -2.43. The minimum atomic E-state index is -3.00. The quantitative estimate of drug-likeness (QED) is 0.120. The molecule has 0 atom stereocenters. The van der Waals surface area contributed by atoms with Crippen molar-refractivity contribution in [1.29, 1.82) is 10.5 Å². The summed E-state index contributed by atoms with van der Waals surface area (Å²) < 4.78 is 41.6. The first kappa shape index (κ1) is 45.7. The highest BCUT2D eigenvalue weighted by atomic mass is 28.5. The lowest BCUT2D eigenvalue weighted by atomic mass is 9.94. The van der Waals surface area contributed by atoms with E-state index in [4.69, 9.17) is 24.7 Å². The van der Waals surface area contributed by atoms with Gasteiger partial charge in [-0.15, -0.1) is 0 Å². The Balaban J connectivity index is 3.54. The molecule has 0 spiro atoms. The largest absolute Gasteiger partial charge is 0.469 e. The van der Waals surface area contributed by atoms with Crippen LogP contribution in [-0.4, -0.2) is 67.5 Å². The fourth-order valence-electron chi connectivity index (χ4n) is 5.56. The van der Waals surface area contributed by atoms with E-state index in [2.05, 4.69) is 130 Å². The fraction of sp³-hybridized carbons (Fsp3) is 0.750. The predicted molar refractivity (Wildman–Crippen MR) is 220 cm³/mol. The second kappa shape index (κ2) is 17.0. The molecule has 0 bridgehead atoms. The van der Waals surface area contributed by atoms with Crippen LogP contribution in [0.1, 0.15) is 35.1 Å². The van der Waals surface area contributed by atoms with Crippen molar-refractivity contribution in [1.82, 2.24) is 0 Å². The normalized spacial score (nSPS) is 14.2. The first-order valence-electron chi connectivity index (χ1n) is 17.5. The van der Waals surface area contributed by atoms with Crippen LogP contribution in [0.5, 0.6) is 0 Å². The molecule has 0 radical (unpaired) electrons. The van der Waals surface area contributed by atoms with Gasteiger partial charge in [0.05, 0.1) is 11.1 Å². The van der Waals surface area contributed by atoms with Gasteiger partial charge in [0.15, 0.2) is 49.9 Å². The van der Waals surface area contributed by atoms with Crippen LogP contribution >= 0.6 is 0 Å². The van der Waals surface area contributed by atoms with Gasteiger partial charge in [0, 0.05) is 12.1 Å². The van der Waals surface area contributed by atoms with Crippen LogP contribution in [0.15, 0.2) is 12.1 Å². The molecule has 1 rings (SSSR count). The number of benzene rings is 1. The molecule has 0 aliphatic rings. The van der Waals surface area contributed by atoms with Crippen molar-refractivity contribution >= 4 is 67.5 Å². The fourth-order valence-corrected chi connectivity index (χ4v) is 34.9. The van der Waals surface area contributed by atoms with Gasteiger partial charge >= 0.3 is 17.6 Å². The van der Waals surface area contributed by atoms with Gasteiger partial charge < -0.3 is 24.7 Å². The summed E-state index contributed by atoms with van der Waals surface area (Å²) in [5, 5.41) is 19.9. The molecule has 48 heavy (non-hydrogen) atoms. The highest BCUT2D eigenvalue weighted by Gasteiger charge is 2.51. The van der Waals surface area contributed by atoms with Gasteiger partial charge in [0.25, 0.3) is 0 Å². The Morgan fingerprint density at radius 3 is 0.792 bits per heavy atom. The SMILES string of the molecule is C[Si](C)(C)O[Si](CCCc1cc(C#N)c(C#N)cc1CCC[Si](O[Si](C)(C)C)(O[Si](C)(C)C)O[Si](C)(C)C)(O[Si](C)(C)C)O[Si](C)(C)C. The van der Waals surface area contributed by atoms with Crippen LogP contribution in [-0.2, 0) is 37.5 Å². The van der Waals surface area contributed by atoms with E-state index in [9.17, 15) is 10.5 Å². The maximum atomic E-state index is 9.94. The molecular formula is C32H68N2O6Si8. The summed E-state index contributed by atoms with van der Waals surface area (Å²) in [6.07, 6.45) is 3.11. The molecule has 0 saturated heterocycles. The van der Waals surface area contributed by atoms with Crippen molar-refractivity contribution < 1.29 is 24.7 Å². The van der Waals surface area contributed by atoms with E-state index in [1.807, 2.05) is 12.1 Å². The summed E-state index contributed by atoms with van der Waals surface area (Å²) in [4.78, 5) is 0. The van der Waals surface area contributed by atoms with Gasteiger partial charge in [0.2, 0.25) is 0 Å². The maximum absolute atomic E-state index is 9.94. The van der Waals surface area contributed by atoms with Crippen LogP contribution < -0.4 is 0 Å². The van der Waals surface area contributed by atoms with Crippen molar-refractivity contribution in [3.05, 3.63) is 34.4 Å². The lowest BCUT2D eigenvalue weighted by molar-refractivity contribution is 0.248. The zero-order valence-corrected chi connectivity index (χ0v) is 41.7. The van der Waals surface area contributed by atoms with E-state index < -0.39 is 67.5 Å². The molecule has 0 saturated carbocycles. The molecule has 0 amide bonds. The second-order valence-electron chi connectivity index (χ2n) is 18.7. The van der Waals surface area contributed by atoms with Gasteiger partial charge in [0.1, 0.15) is 12.1 Å². The third-order valence-corrected chi connectivity index (χ3v) is 30.3. The molecule has 0 aromatic heterocycles. The minimum Gasteiger partial charge on any atom is -0.417 e. The Hall–Kier alpha value is -0.305. The average molecular weight is 802 g/mol. The number of rotatable bonds is 20. The van der Waals surface area contributed by atoms with Crippen molar-refractivity contribution in [2.45, 2.75) is 156 Å². The smallest absolute Gasteiger partial charge is 0.417 e. The van der Waals surface area contributed by atoms with Crippen LogP contribution in [0, 0.1) is 22.7 Å². The van der Waals surface area contributed by atoms with E-state index in [0.29, 0.717) is 11.1 Å². The number of hydrogen-bond donors (Lipinski definition) is 0. The van der Waals surface area contributed by atoms with Gasteiger partial charge in [-0.3, -0.25) is 0 Å². The number of hydrogen-bond acceptors (Lipinski definition) is 8. The molecule has 0 heterocycles. The molecule has 274 valence electrons. The Morgan fingerprint density at radius 2 is 0.625 bits per heavy atom. The summed E-state index contributed by atoms with van der Waals surface area (Å²) in [5.41, 5.74) is 3.03. The molecule has 0 aliphatic heterocycles. The molecule has 0 N–H and O–H groups in total. The van der Waals surface area contributed by atoms with Gasteiger partial charge in [-0.1, -0.05) is 0 Å². The Kier molecular flexibility index (Phi) is 16.2. The minimum absolute atomic E-state index is 0.421. The van der Waals surface area contributed by atoms with Crippen molar-refractivity contribution in [3.63, 3.8) is 0 Å². The Bertz CT molecular complexity index is 1110. The summed E-state index contributed by atoms with van der Waals surface area (Å²) >= 11 is 0. The van der Waals surface area contributed by atoms with E-state index in [-0.39, 0.29) is 0 Å². The highest BCUT2D eigenvalue weighted by Crippen LogP contribution is 2.33. The van der Waals surface area contributed by atoms with Gasteiger partial charge in [-0.2, -0.15) is 10.5 Å². The Labute approximate surface area is 303 Å².